The number of fused-ring (bicyclic) bond motifs is 1. The van der Waals surface area contributed by atoms with E-state index >= 15 is 0 Å². The fraction of sp³-hybridized carbons (Fsp3) is 0.500. The van der Waals surface area contributed by atoms with E-state index in [-0.39, 0.29) is 10.8 Å². The first-order valence-electron chi connectivity index (χ1n) is 6.90. The monoisotopic (exact) mass is 312 g/mol. The average Bonchev–Trinajstić information content (AvgIpc) is 2.44. The molecule has 0 unspecified atom stereocenters. The molecule has 0 saturated carbocycles. The maximum Gasteiger partial charge on any atom is 0.265 e. The van der Waals surface area contributed by atoms with Crippen LogP contribution in [-0.2, 0) is 14.8 Å². The molecule has 0 saturated heterocycles. The Morgan fingerprint density at radius 2 is 2.05 bits per heavy atom. The van der Waals surface area contributed by atoms with Crippen molar-refractivity contribution >= 4 is 21.6 Å². The number of hydrogen-bond acceptors (Lipinski definition) is 4. The summed E-state index contributed by atoms with van der Waals surface area (Å²) in [5, 5.41) is 2.72. The van der Waals surface area contributed by atoms with Crippen LogP contribution in [-0.4, -0.2) is 38.8 Å². The molecule has 0 bridgehead atoms. The molecule has 1 aromatic carbocycles. The van der Waals surface area contributed by atoms with Gasteiger partial charge in [-0.3, -0.25) is 4.79 Å². The highest BCUT2D eigenvalue weighted by Gasteiger charge is 2.28. The van der Waals surface area contributed by atoms with Gasteiger partial charge in [0.25, 0.3) is 5.91 Å². The predicted molar refractivity (Wildman–Crippen MR) is 79.9 cm³/mol. The summed E-state index contributed by atoms with van der Waals surface area (Å²) >= 11 is 0. The molecule has 0 spiro atoms. The minimum Gasteiger partial charge on any atom is -0.478 e. The molecule has 0 fully saturated rings. The zero-order chi connectivity index (χ0) is 15.6. The Labute approximate surface area is 125 Å². The van der Waals surface area contributed by atoms with Gasteiger partial charge in [0.1, 0.15) is 5.75 Å². The van der Waals surface area contributed by atoms with Crippen molar-refractivity contribution in [3.8, 4) is 5.75 Å². The van der Waals surface area contributed by atoms with Crippen molar-refractivity contribution in [3.63, 3.8) is 0 Å². The van der Waals surface area contributed by atoms with Crippen molar-refractivity contribution in [2.45, 2.75) is 37.2 Å². The number of nitrogens with one attached hydrogen (secondary N) is 1. The largest absolute Gasteiger partial charge is 0.478 e. The quantitative estimate of drug-likeness (QED) is 0.900. The molecule has 7 heteroatoms. The van der Waals surface area contributed by atoms with Crippen LogP contribution in [0.15, 0.2) is 23.1 Å². The van der Waals surface area contributed by atoms with Gasteiger partial charge in [0.2, 0.25) is 10.0 Å². The van der Waals surface area contributed by atoms with Gasteiger partial charge in [0.15, 0.2) is 6.10 Å². The molecule has 1 heterocycles. The highest BCUT2D eigenvalue weighted by molar-refractivity contribution is 7.89. The third-order valence-corrected chi connectivity index (χ3v) is 5.18. The lowest BCUT2D eigenvalue weighted by Gasteiger charge is -2.26. The van der Waals surface area contributed by atoms with Crippen LogP contribution in [0.3, 0.4) is 0 Å². The normalized spacial score (nSPS) is 18.1. The summed E-state index contributed by atoms with van der Waals surface area (Å²) in [6.07, 6.45) is 2.04. The molecule has 21 heavy (non-hydrogen) atoms. The standard InChI is InChI=1S/C14H20N2O4S/c1-4-5-6-13-14(17)15-11-9-10(7-8-12(11)20-13)21(18,19)16(2)3/h7-9,13H,4-6H2,1-3H3,(H,15,17)/t13-/m0/s1. The zero-order valence-electron chi connectivity index (χ0n) is 12.4. The second-order valence-corrected chi connectivity index (χ2v) is 7.34. The minimum atomic E-state index is -3.53. The van der Waals surface area contributed by atoms with Crippen LogP contribution in [0.5, 0.6) is 5.75 Å². The molecule has 0 aliphatic carbocycles. The van der Waals surface area contributed by atoms with Gasteiger partial charge in [0.05, 0.1) is 10.6 Å². The van der Waals surface area contributed by atoms with E-state index in [0.717, 1.165) is 17.1 Å². The van der Waals surface area contributed by atoms with Gasteiger partial charge in [-0.15, -0.1) is 0 Å². The molecule has 116 valence electrons. The Kier molecular flexibility index (Phi) is 4.53. The van der Waals surface area contributed by atoms with Crippen molar-refractivity contribution in [1.82, 2.24) is 4.31 Å². The van der Waals surface area contributed by atoms with Gasteiger partial charge in [-0.05, 0) is 31.0 Å². The van der Waals surface area contributed by atoms with Crippen LogP contribution in [0.1, 0.15) is 26.2 Å². The Balaban J connectivity index is 2.28. The second kappa shape index (κ2) is 6.03. The molecule has 6 nitrogen and oxygen atoms in total. The molecule has 1 aliphatic heterocycles. The lowest BCUT2D eigenvalue weighted by atomic mass is 10.1. The molecule has 0 aromatic heterocycles. The fourth-order valence-corrected chi connectivity index (χ4v) is 3.01. The number of nitrogens with zero attached hydrogens (tertiary/aromatic N) is 1. The smallest absolute Gasteiger partial charge is 0.265 e. The van der Waals surface area contributed by atoms with Crippen molar-refractivity contribution in [2.24, 2.45) is 0 Å². The maximum atomic E-state index is 12.1. The molecule has 2 rings (SSSR count). The third-order valence-electron chi connectivity index (χ3n) is 3.37. The summed E-state index contributed by atoms with van der Waals surface area (Å²) < 4.78 is 30.9. The first-order valence-corrected chi connectivity index (χ1v) is 8.34. The SMILES string of the molecule is CCCC[C@@H]1Oc2ccc(S(=O)(=O)N(C)C)cc2NC1=O. The Bertz CT molecular complexity index is 640. The van der Waals surface area contributed by atoms with Gasteiger partial charge < -0.3 is 10.1 Å². The van der Waals surface area contributed by atoms with E-state index in [1.54, 1.807) is 6.07 Å². The lowest BCUT2D eigenvalue weighted by Crippen LogP contribution is -2.37. The third kappa shape index (κ3) is 3.19. The number of benzene rings is 1. The number of amides is 1. The molecule has 1 amide bonds. The van der Waals surface area contributed by atoms with Crippen molar-refractivity contribution < 1.29 is 17.9 Å². The highest BCUT2D eigenvalue weighted by atomic mass is 32.2. The van der Waals surface area contributed by atoms with E-state index in [4.69, 9.17) is 4.74 Å². The van der Waals surface area contributed by atoms with Crippen molar-refractivity contribution in [3.05, 3.63) is 18.2 Å². The number of carbonyl (C=O) groups excluding carboxylic acids is 1. The number of ether oxygens (including phenoxy) is 1. The van der Waals surface area contributed by atoms with E-state index < -0.39 is 16.1 Å². The van der Waals surface area contributed by atoms with Gasteiger partial charge >= 0.3 is 0 Å². The average molecular weight is 312 g/mol. The van der Waals surface area contributed by atoms with Crippen LogP contribution < -0.4 is 10.1 Å². The van der Waals surface area contributed by atoms with E-state index in [1.165, 1.54) is 26.2 Å². The van der Waals surface area contributed by atoms with Crippen LogP contribution in [0.2, 0.25) is 0 Å². The molecule has 1 aromatic rings. The highest BCUT2D eigenvalue weighted by Crippen LogP contribution is 2.33. The van der Waals surface area contributed by atoms with Gasteiger partial charge in [-0.25, -0.2) is 12.7 Å². The van der Waals surface area contributed by atoms with Crippen LogP contribution >= 0.6 is 0 Å². The summed E-state index contributed by atoms with van der Waals surface area (Å²) in [5.74, 6) is 0.281. The van der Waals surface area contributed by atoms with Crippen LogP contribution in [0, 0.1) is 0 Å². The molecule has 1 N–H and O–H groups in total. The topological polar surface area (TPSA) is 75.7 Å². The number of anilines is 1. The minimum absolute atomic E-state index is 0.127. The Morgan fingerprint density at radius 1 is 1.33 bits per heavy atom. The summed E-state index contributed by atoms with van der Waals surface area (Å²) in [4.78, 5) is 12.1. The van der Waals surface area contributed by atoms with Crippen molar-refractivity contribution in [2.75, 3.05) is 19.4 Å². The van der Waals surface area contributed by atoms with E-state index in [2.05, 4.69) is 5.32 Å². The fourth-order valence-electron chi connectivity index (χ4n) is 2.08. The first-order chi connectivity index (χ1) is 9.86. The molecule has 0 radical (unpaired) electrons. The molecule has 1 aliphatic rings. The van der Waals surface area contributed by atoms with Gasteiger partial charge in [-0.1, -0.05) is 13.3 Å². The van der Waals surface area contributed by atoms with Gasteiger partial charge in [-0.2, -0.15) is 0 Å². The number of carbonyl (C=O) groups is 1. The second-order valence-electron chi connectivity index (χ2n) is 5.18. The summed E-state index contributed by atoms with van der Waals surface area (Å²) in [6.45, 7) is 2.05. The van der Waals surface area contributed by atoms with Crippen molar-refractivity contribution in [1.29, 1.82) is 0 Å². The maximum absolute atomic E-state index is 12.1. The molecular weight excluding hydrogens is 292 g/mol. The first kappa shape index (κ1) is 15.8. The zero-order valence-corrected chi connectivity index (χ0v) is 13.2. The molecular formula is C14H20N2O4S. The van der Waals surface area contributed by atoms with Gasteiger partial charge in [0, 0.05) is 14.1 Å². The predicted octanol–water partition coefficient (Wildman–Crippen LogP) is 1.83. The summed E-state index contributed by atoms with van der Waals surface area (Å²) in [5.41, 5.74) is 0.399. The number of unbranched alkanes of at least 4 members (excludes halogenated alkanes) is 1. The summed E-state index contributed by atoms with van der Waals surface area (Å²) in [6, 6.07) is 4.51. The van der Waals surface area contributed by atoms with Crippen LogP contribution in [0.4, 0.5) is 5.69 Å². The number of sulfonamides is 1. The lowest BCUT2D eigenvalue weighted by molar-refractivity contribution is -0.123. The van der Waals surface area contributed by atoms with E-state index in [9.17, 15) is 13.2 Å². The Hall–Kier alpha value is -1.60. The number of hydrogen-bond donors (Lipinski definition) is 1. The van der Waals surface area contributed by atoms with E-state index in [1.807, 2.05) is 6.92 Å². The summed E-state index contributed by atoms with van der Waals surface area (Å²) in [7, 11) is -0.603. The van der Waals surface area contributed by atoms with E-state index in [0.29, 0.717) is 17.9 Å². The number of rotatable bonds is 5. The van der Waals surface area contributed by atoms with Crippen LogP contribution in [0.25, 0.3) is 0 Å². The Morgan fingerprint density at radius 3 is 2.67 bits per heavy atom. The molecule has 1 atom stereocenters.